The first-order valence-electron chi connectivity index (χ1n) is 6.90. The molecule has 0 atom stereocenters. The number of phenols is 2. The van der Waals surface area contributed by atoms with Gasteiger partial charge in [-0.05, 0) is 31.2 Å². The molecule has 0 saturated heterocycles. The molecule has 0 radical (unpaired) electrons. The van der Waals surface area contributed by atoms with Gasteiger partial charge in [-0.25, -0.2) is 0 Å². The van der Waals surface area contributed by atoms with E-state index in [0.717, 1.165) is 23.0 Å². The molecule has 0 aliphatic carbocycles. The lowest BCUT2D eigenvalue weighted by Gasteiger charge is -2.06. The average molecular weight is 283 g/mol. The zero-order valence-electron chi connectivity index (χ0n) is 11.8. The van der Waals surface area contributed by atoms with Crippen molar-refractivity contribution in [3.05, 3.63) is 54.2 Å². The van der Waals surface area contributed by atoms with Gasteiger partial charge in [-0.15, -0.1) is 0 Å². The van der Waals surface area contributed by atoms with Crippen molar-refractivity contribution in [1.29, 1.82) is 0 Å². The van der Waals surface area contributed by atoms with Crippen molar-refractivity contribution in [3.63, 3.8) is 0 Å². The van der Waals surface area contributed by atoms with E-state index in [9.17, 15) is 10.2 Å². The summed E-state index contributed by atoms with van der Waals surface area (Å²) < 4.78 is 7.79. The maximum Gasteiger partial charge on any atom is 0.125 e. The lowest BCUT2D eigenvalue weighted by Crippen LogP contribution is -1.95. The van der Waals surface area contributed by atoms with Gasteiger partial charge in [0.05, 0.1) is 5.52 Å². The molecule has 4 heteroatoms. The van der Waals surface area contributed by atoms with Gasteiger partial charge in [-0.3, -0.25) is 0 Å². The normalized spacial score (nSPS) is 10.9. The lowest BCUT2D eigenvalue weighted by atomic mass is 10.1. The molecule has 21 heavy (non-hydrogen) atoms. The summed E-state index contributed by atoms with van der Waals surface area (Å²) in [5, 5.41) is 20.4. The van der Waals surface area contributed by atoms with E-state index in [1.807, 2.05) is 18.3 Å². The van der Waals surface area contributed by atoms with Crippen LogP contribution in [-0.4, -0.2) is 14.8 Å². The van der Waals surface area contributed by atoms with Crippen molar-refractivity contribution < 1.29 is 14.9 Å². The van der Waals surface area contributed by atoms with Crippen LogP contribution in [0.3, 0.4) is 0 Å². The van der Waals surface area contributed by atoms with Crippen molar-refractivity contribution in [1.82, 2.24) is 4.57 Å². The molecule has 1 aromatic heterocycles. The zero-order valence-corrected chi connectivity index (χ0v) is 11.8. The summed E-state index contributed by atoms with van der Waals surface area (Å²) in [7, 11) is 0. The summed E-state index contributed by atoms with van der Waals surface area (Å²) in [6.45, 7) is 3.22. The lowest BCUT2D eigenvalue weighted by molar-refractivity contribution is 0.305. The molecule has 2 N–H and O–H groups in total. The predicted molar refractivity (Wildman–Crippen MR) is 81.7 cm³/mol. The first-order chi connectivity index (χ1) is 10.2. The minimum absolute atomic E-state index is 0.173. The van der Waals surface area contributed by atoms with Crippen molar-refractivity contribution >= 4 is 10.9 Å². The molecule has 1 heterocycles. The van der Waals surface area contributed by atoms with E-state index >= 15 is 0 Å². The molecule has 0 spiro atoms. The molecule has 0 fully saturated rings. The Morgan fingerprint density at radius 2 is 1.90 bits per heavy atom. The van der Waals surface area contributed by atoms with E-state index in [-0.39, 0.29) is 11.5 Å². The van der Waals surface area contributed by atoms with Crippen LogP contribution in [0.2, 0.25) is 0 Å². The number of nitrogens with zero attached hydrogens (tertiary/aromatic N) is 1. The quantitative estimate of drug-likeness (QED) is 0.768. The summed E-state index contributed by atoms with van der Waals surface area (Å²) in [5.74, 6) is 1.03. The molecule has 0 aliphatic heterocycles. The van der Waals surface area contributed by atoms with Gasteiger partial charge in [-0.1, -0.05) is 12.1 Å². The molecule has 108 valence electrons. The Labute approximate surface area is 122 Å². The average Bonchev–Trinajstić information content (AvgIpc) is 2.85. The highest BCUT2D eigenvalue weighted by atomic mass is 16.5. The van der Waals surface area contributed by atoms with E-state index < -0.39 is 0 Å². The zero-order chi connectivity index (χ0) is 14.8. The number of aromatic hydroxyl groups is 2. The first-order valence-corrected chi connectivity index (χ1v) is 6.90. The van der Waals surface area contributed by atoms with Crippen LogP contribution in [0.1, 0.15) is 12.5 Å². The van der Waals surface area contributed by atoms with Gasteiger partial charge in [0, 0.05) is 29.8 Å². The molecule has 0 bridgehead atoms. The van der Waals surface area contributed by atoms with Crippen molar-refractivity contribution in [2.75, 3.05) is 0 Å². The van der Waals surface area contributed by atoms with Gasteiger partial charge in [0.2, 0.25) is 0 Å². The summed E-state index contributed by atoms with van der Waals surface area (Å²) >= 11 is 0. The first kappa shape index (κ1) is 13.4. The number of ether oxygens (including phenoxy) is 1. The van der Waals surface area contributed by atoms with Crippen LogP contribution in [0.5, 0.6) is 17.2 Å². The maximum absolute atomic E-state index is 10.1. The SMILES string of the molecule is CCn1cc(COc2cccc(O)c2)c2c(O)cccc21. The van der Waals surface area contributed by atoms with Gasteiger partial charge >= 0.3 is 0 Å². The fourth-order valence-corrected chi connectivity index (χ4v) is 2.52. The van der Waals surface area contributed by atoms with Gasteiger partial charge in [0.15, 0.2) is 0 Å². The highest BCUT2D eigenvalue weighted by molar-refractivity contribution is 5.89. The number of rotatable bonds is 4. The minimum atomic E-state index is 0.173. The van der Waals surface area contributed by atoms with Crippen LogP contribution in [0, 0.1) is 0 Å². The van der Waals surface area contributed by atoms with Crippen molar-refractivity contribution in [2.45, 2.75) is 20.1 Å². The Kier molecular flexibility index (Phi) is 3.44. The Hall–Kier alpha value is -2.62. The van der Waals surface area contributed by atoms with Gasteiger partial charge in [0.1, 0.15) is 23.9 Å². The third-order valence-electron chi connectivity index (χ3n) is 3.52. The molecule has 0 aliphatic rings. The summed E-state index contributed by atoms with van der Waals surface area (Å²) in [6.07, 6.45) is 1.99. The molecular weight excluding hydrogens is 266 g/mol. The summed E-state index contributed by atoms with van der Waals surface area (Å²) in [6, 6.07) is 12.2. The van der Waals surface area contributed by atoms with Crippen LogP contribution in [0.25, 0.3) is 10.9 Å². The van der Waals surface area contributed by atoms with E-state index in [1.165, 1.54) is 0 Å². The van der Waals surface area contributed by atoms with Crippen molar-refractivity contribution in [3.8, 4) is 17.2 Å². The number of aromatic nitrogens is 1. The van der Waals surface area contributed by atoms with Gasteiger partial charge < -0.3 is 19.5 Å². The molecule has 4 nitrogen and oxygen atoms in total. The second kappa shape index (κ2) is 5.40. The number of hydrogen-bond donors (Lipinski definition) is 2. The Morgan fingerprint density at radius 3 is 2.67 bits per heavy atom. The highest BCUT2D eigenvalue weighted by Crippen LogP contribution is 2.30. The fourth-order valence-electron chi connectivity index (χ4n) is 2.52. The van der Waals surface area contributed by atoms with Crippen molar-refractivity contribution in [2.24, 2.45) is 0 Å². The Morgan fingerprint density at radius 1 is 1.10 bits per heavy atom. The second-order valence-corrected chi connectivity index (χ2v) is 4.90. The highest BCUT2D eigenvalue weighted by Gasteiger charge is 2.12. The van der Waals surface area contributed by atoms with Crippen LogP contribution in [0.4, 0.5) is 0 Å². The van der Waals surface area contributed by atoms with Gasteiger partial charge in [-0.2, -0.15) is 0 Å². The predicted octanol–water partition coefficient (Wildman–Crippen LogP) is 3.65. The summed E-state index contributed by atoms with van der Waals surface area (Å²) in [5.41, 5.74) is 1.92. The molecule has 3 aromatic rings. The summed E-state index contributed by atoms with van der Waals surface area (Å²) in [4.78, 5) is 0. The molecule has 2 aromatic carbocycles. The number of aryl methyl sites for hydroxylation is 1. The number of fused-ring (bicyclic) bond motifs is 1. The van der Waals surface area contributed by atoms with Crippen LogP contribution in [-0.2, 0) is 13.2 Å². The third kappa shape index (κ3) is 2.52. The monoisotopic (exact) mass is 283 g/mol. The smallest absolute Gasteiger partial charge is 0.125 e. The molecule has 0 amide bonds. The molecule has 0 unspecified atom stereocenters. The van der Waals surface area contributed by atoms with Gasteiger partial charge in [0.25, 0.3) is 0 Å². The van der Waals surface area contributed by atoms with E-state index in [1.54, 1.807) is 30.3 Å². The Bertz CT molecular complexity index is 777. The molecular formula is C17H17NO3. The Balaban J connectivity index is 1.94. The number of phenolic OH excluding ortho intramolecular Hbond substituents is 2. The number of benzene rings is 2. The number of hydrogen-bond acceptors (Lipinski definition) is 3. The second-order valence-electron chi connectivity index (χ2n) is 4.90. The molecule has 0 saturated carbocycles. The maximum atomic E-state index is 10.1. The largest absolute Gasteiger partial charge is 0.508 e. The molecule has 3 rings (SSSR count). The third-order valence-corrected chi connectivity index (χ3v) is 3.52. The van der Waals surface area contributed by atoms with Crippen LogP contribution >= 0.6 is 0 Å². The fraction of sp³-hybridized carbons (Fsp3) is 0.176. The topological polar surface area (TPSA) is 54.6 Å². The minimum Gasteiger partial charge on any atom is -0.508 e. The van der Waals surface area contributed by atoms with Crippen LogP contribution in [0.15, 0.2) is 48.7 Å². The van der Waals surface area contributed by atoms with E-state index in [0.29, 0.717) is 12.4 Å². The van der Waals surface area contributed by atoms with E-state index in [4.69, 9.17) is 4.74 Å². The van der Waals surface area contributed by atoms with Crippen LogP contribution < -0.4 is 4.74 Å². The standard InChI is InChI=1S/C17H17NO3/c1-2-18-10-12(17-15(18)7-4-8-16(17)20)11-21-14-6-3-5-13(19)9-14/h3-10,19-20H,2,11H2,1H3. The van der Waals surface area contributed by atoms with E-state index in [2.05, 4.69) is 11.5 Å².